The van der Waals surface area contributed by atoms with Crippen LogP contribution >= 0.6 is 0 Å². The van der Waals surface area contributed by atoms with Gasteiger partial charge < -0.3 is 15.2 Å². The summed E-state index contributed by atoms with van der Waals surface area (Å²) in [4.78, 5) is 36.6. The number of fused-ring (bicyclic) bond motifs is 1. The van der Waals surface area contributed by atoms with Crippen molar-refractivity contribution < 1.29 is 28.4 Å². The quantitative estimate of drug-likeness (QED) is 0.702. The Morgan fingerprint density at radius 2 is 2.04 bits per heavy atom. The summed E-state index contributed by atoms with van der Waals surface area (Å²) in [5.41, 5.74) is 0.230. The largest absolute Gasteiger partial charge is 0.484 e. The number of ether oxygens (including phenoxy) is 1. The second kappa shape index (κ2) is 6.67. The molecule has 2 heterocycles. The highest BCUT2D eigenvalue weighted by Gasteiger charge is 2.56. The monoisotopic (exact) mass is 364 g/mol. The van der Waals surface area contributed by atoms with Crippen molar-refractivity contribution in [1.29, 1.82) is 0 Å². The van der Waals surface area contributed by atoms with Crippen LogP contribution in [0.25, 0.3) is 0 Å². The van der Waals surface area contributed by atoms with Crippen molar-refractivity contribution in [2.45, 2.75) is 18.3 Å². The second-order valence-electron chi connectivity index (χ2n) is 5.70. The molecule has 1 aromatic carbocycles. The zero-order chi connectivity index (χ0) is 18.1. The Hall–Kier alpha value is -2.68. The van der Waals surface area contributed by atoms with Gasteiger partial charge in [-0.15, -0.1) is 0 Å². The van der Waals surface area contributed by atoms with Gasteiger partial charge in [0.25, 0.3) is 11.8 Å². The Morgan fingerprint density at radius 1 is 1.36 bits per heavy atom. The predicted molar refractivity (Wildman–Crippen MR) is 87.8 cm³/mol. The molecule has 1 saturated heterocycles. The van der Waals surface area contributed by atoms with E-state index in [0.29, 0.717) is 11.3 Å². The van der Waals surface area contributed by atoms with Crippen LogP contribution in [0.5, 0.6) is 5.75 Å². The molecule has 3 unspecified atom stereocenters. The highest BCUT2D eigenvalue weighted by Crippen LogP contribution is 2.34. The number of carboxylic acid groups (broad SMARTS) is 1. The summed E-state index contributed by atoms with van der Waals surface area (Å²) in [6.07, 6.45) is 0. The van der Waals surface area contributed by atoms with Gasteiger partial charge in [0, 0.05) is 5.75 Å². The first-order chi connectivity index (χ1) is 11.9. The molecule has 1 fully saturated rings. The van der Waals surface area contributed by atoms with Crippen LogP contribution in [0.3, 0.4) is 0 Å². The van der Waals surface area contributed by atoms with Gasteiger partial charge in [-0.1, -0.05) is 18.2 Å². The van der Waals surface area contributed by atoms with E-state index in [1.165, 1.54) is 6.92 Å². The second-order valence-corrected chi connectivity index (χ2v) is 7.24. The third-order valence-electron chi connectivity index (χ3n) is 3.95. The molecule has 0 saturated carbocycles. The Labute approximate surface area is 145 Å². The highest BCUT2D eigenvalue weighted by atomic mass is 32.2. The standard InChI is InChI=1S/C16H16N2O6S/c1-9-8-25(23)15-12(14(20)18(15)13(9)16(21)22)17-11(19)7-24-10-5-3-2-4-6-10/h2-6,12,15H,7-8H2,1H3,(H,17,19)(H,21,22). The van der Waals surface area contributed by atoms with Crippen molar-refractivity contribution >= 4 is 28.6 Å². The average molecular weight is 364 g/mol. The molecule has 3 rings (SSSR count). The van der Waals surface area contributed by atoms with Gasteiger partial charge in [-0.3, -0.25) is 18.7 Å². The van der Waals surface area contributed by atoms with Gasteiger partial charge in [0.1, 0.15) is 22.9 Å². The van der Waals surface area contributed by atoms with E-state index in [1.807, 2.05) is 6.07 Å². The smallest absolute Gasteiger partial charge is 0.352 e. The number of para-hydroxylation sites is 1. The first-order valence-electron chi connectivity index (χ1n) is 7.50. The summed E-state index contributed by atoms with van der Waals surface area (Å²) in [5, 5.41) is 10.9. The minimum Gasteiger partial charge on any atom is -0.484 e. The fourth-order valence-corrected chi connectivity index (χ4v) is 4.51. The molecule has 25 heavy (non-hydrogen) atoms. The van der Waals surface area contributed by atoms with Gasteiger partial charge >= 0.3 is 5.97 Å². The fourth-order valence-electron chi connectivity index (χ4n) is 2.84. The lowest BCUT2D eigenvalue weighted by molar-refractivity contribution is -0.151. The molecular formula is C16H16N2O6S. The summed E-state index contributed by atoms with van der Waals surface area (Å²) in [6, 6.07) is 7.69. The van der Waals surface area contributed by atoms with E-state index in [-0.39, 0.29) is 18.1 Å². The summed E-state index contributed by atoms with van der Waals surface area (Å²) in [7, 11) is -1.47. The average Bonchev–Trinajstić information content (AvgIpc) is 2.58. The van der Waals surface area contributed by atoms with E-state index < -0.39 is 40.0 Å². The topological polar surface area (TPSA) is 113 Å². The normalized spacial score (nSPS) is 25.1. The van der Waals surface area contributed by atoms with Gasteiger partial charge in [0.05, 0.1) is 10.8 Å². The molecule has 2 amide bonds. The number of carbonyl (C=O) groups excluding carboxylic acids is 2. The number of hydrogen-bond acceptors (Lipinski definition) is 5. The van der Waals surface area contributed by atoms with Crippen molar-refractivity contribution in [3.05, 3.63) is 41.6 Å². The van der Waals surface area contributed by atoms with Crippen LogP contribution in [-0.2, 0) is 25.2 Å². The maximum atomic E-state index is 12.3. The van der Waals surface area contributed by atoms with Gasteiger partial charge in [-0.05, 0) is 24.6 Å². The van der Waals surface area contributed by atoms with Gasteiger partial charge in [0.2, 0.25) is 0 Å². The number of carboxylic acids is 1. The third-order valence-corrected chi connectivity index (χ3v) is 5.69. The molecular weight excluding hydrogens is 348 g/mol. The maximum absolute atomic E-state index is 12.3. The van der Waals surface area contributed by atoms with Gasteiger partial charge in [0.15, 0.2) is 6.61 Å². The molecule has 2 aliphatic rings. The summed E-state index contributed by atoms with van der Waals surface area (Å²) < 4.78 is 17.6. The summed E-state index contributed by atoms with van der Waals surface area (Å²) in [6.45, 7) is 1.23. The molecule has 0 bridgehead atoms. The van der Waals surface area contributed by atoms with Crippen LogP contribution in [0.1, 0.15) is 6.92 Å². The number of nitrogens with one attached hydrogen (secondary N) is 1. The molecule has 1 aromatic rings. The maximum Gasteiger partial charge on any atom is 0.352 e. The lowest BCUT2D eigenvalue weighted by Crippen LogP contribution is -2.73. The van der Waals surface area contributed by atoms with Crippen LogP contribution < -0.4 is 10.1 Å². The van der Waals surface area contributed by atoms with Crippen molar-refractivity contribution in [2.24, 2.45) is 0 Å². The van der Waals surface area contributed by atoms with Crippen LogP contribution in [0.2, 0.25) is 0 Å². The Balaban J connectivity index is 1.65. The van der Waals surface area contributed by atoms with E-state index in [9.17, 15) is 23.7 Å². The predicted octanol–water partition coefficient (Wildman–Crippen LogP) is -0.161. The number of β-lactam (4-membered cyclic amide) rings is 1. The van der Waals surface area contributed by atoms with E-state index in [1.54, 1.807) is 24.3 Å². The molecule has 0 spiro atoms. The van der Waals surface area contributed by atoms with Crippen molar-refractivity contribution in [3.63, 3.8) is 0 Å². The van der Waals surface area contributed by atoms with E-state index in [2.05, 4.69) is 5.32 Å². The Bertz CT molecular complexity index is 791. The lowest BCUT2D eigenvalue weighted by atomic mass is 10.0. The molecule has 2 N–H and O–H groups in total. The minimum absolute atomic E-state index is 0.0585. The van der Waals surface area contributed by atoms with Crippen molar-refractivity contribution in [2.75, 3.05) is 12.4 Å². The summed E-state index contributed by atoms with van der Waals surface area (Å²) in [5.74, 6) is -1.80. The number of aliphatic carboxylic acids is 1. The number of amides is 2. The number of benzene rings is 1. The number of rotatable bonds is 5. The molecule has 2 aliphatic heterocycles. The first-order valence-corrected chi connectivity index (χ1v) is 8.89. The van der Waals surface area contributed by atoms with Crippen molar-refractivity contribution in [3.8, 4) is 5.75 Å². The van der Waals surface area contributed by atoms with Crippen molar-refractivity contribution in [1.82, 2.24) is 10.2 Å². The fraction of sp³-hybridized carbons (Fsp3) is 0.312. The molecule has 0 radical (unpaired) electrons. The molecule has 0 aliphatic carbocycles. The number of nitrogens with zero attached hydrogens (tertiary/aromatic N) is 1. The molecule has 8 nitrogen and oxygen atoms in total. The Kier molecular flexibility index (Phi) is 4.58. The number of hydrogen-bond donors (Lipinski definition) is 2. The zero-order valence-electron chi connectivity index (χ0n) is 13.3. The van der Waals surface area contributed by atoms with Gasteiger partial charge in [-0.25, -0.2) is 4.79 Å². The highest BCUT2D eigenvalue weighted by molar-refractivity contribution is 7.86. The molecule has 132 valence electrons. The lowest BCUT2D eigenvalue weighted by Gasteiger charge is -2.48. The van der Waals surface area contributed by atoms with Crippen LogP contribution in [-0.4, -0.2) is 55.8 Å². The van der Waals surface area contributed by atoms with Gasteiger partial charge in [-0.2, -0.15) is 0 Å². The van der Waals surface area contributed by atoms with Crippen LogP contribution in [0.4, 0.5) is 0 Å². The van der Waals surface area contributed by atoms with E-state index in [0.717, 1.165) is 4.90 Å². The number of carbonyl (C=O) groups is 3. The Morgan fingerprint density at radius 3 is 2.68 bits per heavy atom. The summed E-state index contributed by atoms with van der Waals surface area (Å²) >= 11 is 0. The zero-order valence-corrected chi connectivity index (χ0v) is 14.1. The molecule has 0 aromatic heterocycles. The third kappa shape index (κ3) is 3.14. The minimum atomic E-state index is -1.47. The van der Waals surface area contributed by atoms with E-state index >= 15 is 0 Å². The SMILES string of the molecule is CC1=C(C(=O)O)N2C(=O)C(NC(=O)COc3ccccc3)C2S(=O)C1. The molecule has 9 heteroatoms. The van der Waals surface area contributed by atoms with E-state index in [4.69, 9.17) is 4.74 Å². The van der Waals surface area contributed by atoms with Crippen LogP contribution in [0.15, 0.2) is 41.6 Å². The van der Waals surface area contributed by atoms with Crippen LogP contribution in [0, 0.1) is 0 Å². The molecule has 3 atom stereocenters. The first kappa shape index (κ1) is 17.2.